The molecule has 0 amide bonds. The Morgan fingerprint density at radius 1 is 1.19 bits per heavy atom. The molecular formula is C25H24ClN5O3S2. The lowest BCUT2D eigenvalue weighted by Gasteiger charge is -2.36. The SMILES string of the molecule is C=S1(=O)C[C@@](C)(c2sc(-c3nnc(-c4ccc(OCc5ccccc5)cc4)o3)cc2Cl)N=C(N)N1C. The van der Waals surface area contributed by atoms with Crippen molar-refractivity contribution in [3.63, 3.8) is 0 Å². The summed E-state index contributed by atoms with van der Waals surface area (Å²) in [5.41, 5.74) is 7.01. The van der Waals surface area contributed by atoms with Crippen LogP contribution in [0.25, 0.3) is 22.2 Å². The van der Waals surface area contributed by atoms with Crippen LogP contribution in [0.4, 0.5) is 0 Å². The maximum atomic E-state index is 13.0. The monoisotopic (exact) mass is 541 g/mol. The summed E-state index contributed by atoms with van der Waals surface area (Å²) >= 11 is 7.93. The molecule has 3 heterocycles. The summed E-state index contributed by atoms with van der Waals surface area (Å²) < 4.78 is 26.2. The lowest BCUT2D eigenvalue weighted by Crippen LogP contribution is -2.50. The first-order valence-corrected chi connectivity index (χ1v) is 14.0. The fourth-order valence-electron chi connectivity index (χ4n) is 3.89. The van der Waals surface area contributed by atoms with Crippen molar-refractivity contribution < 1.29 is 13.4 Å². The number of rotatable bonds is 6. The number of hydrogen-bond acceptors (Lipinski definition) is 8. The van der Waals surface area contributed by atoms with Crippen molar-refractivity contribution in [2.75, 3.05) is 12.8 Å². The Morgan fingerprint density at radius 3 is 2.58 bits per heavy atom. The van der Waals surface area contributed by atoms with Crippen LogP contribution in [0.3, 0.4) is 0 Å². The molecule has 1 aliphatic rings. The first-order valence-electron chi connectivity index (χ1n) is 11.0. The molecule has 36 heavy (non-hydrogen) atoms. The summed E-state index contributed by atoms with van der Waals surface area (Å²) in [7, 11) is -1.01. The summed E-state index contributed by atoms with van der Waals surface area (Å²) in [6.45, 7) is 2.33. The molecule has 1 aliphatic heterocycles. The van der Waals surface area contributed by atoms with Gasteiger partial charge < -0.3 is 14.9 Å². The summed E-state index contributed by atoms with van der Waals surface area (Å²) in [6.07, 6.45) is 0. The number of nitrogens with two attached hydrogens (primary N) is 1. The fourth-order valence-corrected chi connectivity index (χ4v) is 7.20. The molecule has 0 spiro atoms. The van der Waals surface area contributed by atoms with Gasteiger partial charge in [0, 0.05) is 12.6 Å². The highest BCUT2D eigenvalue weighted by atomic mass is 35.5. The summed E-state index contributed by atoms with van der Waals surface area (Å²) in [5, 5.41) is 8.87. The summed E-state index contributed by atoms with van der Waals surface area (Å²) in [4.78, 5) is 5.97. The molecule has 8 nitrogen and oxygen atoms in total. The van der Waals surface area contributed by atoms with Crippen LogP contribution in [0.2, 0.25) is 5.02 Å². The number of thiophene rings is 1. The van der Waals surface area contributed by atoms with Gasteiger partial charge in [0.05, 0.1) is 30.2 Å². The van der Waals surface area contributed by atoms with Crippen molar-refractivity contribution in [1.29, 1.82) is 0 Å². The Balaban J connectivity index is 1.35. The first kappa shape index (κ1) is 24.4. The standard InChI is InChI=1S/C25H24ClN5O3S2/c1-25(15-36(3,32)31(2)24(27)28-25)21-19(26)13-20(35-21)23-30-29-22(34-23)17-9-11-18(12-10-17)33-14-16-7-5-4-6-8-16/h4-13H,3,14-15H2,1-2H3,(H2,27,28)/t25-,36?/m0/s1. The van der Waals surface area contributed by atoms with Gasteiger partial charge in [0.2, 0.25) is 11.9 Å². The number of aromatic nitrogens is 2. The van der Waals surface area contributed by atoms with Crippen LogP contribution < -0.4 is 10.5 Å². The molecule has 2 aromatic heterocycles. The van der Waals surface area contributed by atoms with Crippen LogP contribution in [0.15, 0.2) is 70.1 Å². The number of nitrogens with zero attached hydrogens (tertiary/aromatic N) is 4. The number of hydrogen-bond donors (Lipinski definition) is 1. The second kappa shape index (κ2) is 9.27. The molecule has 0 aliphatic carbocycles. The molecule has 0 saturated heterocycles. The van der Waals surface area contributed by atoms with Gasteiger partial charge in [-0.05, 0) is 48.7 Å². The van der Waals surface area contributed by atoms with Crippen LogP contribution in [0.1, 0.15) is 17.4 Å². The topological polar surface area (TPSA) is 107 Å². The van der Waals surface area contributed by atoms with E-state index in [1.807, 2.05) is 61.5 Å². The predicted molar refractivity (Wildman–Crippen MR) is 146 cm³/mol. The second-order valence-electron chi connectivity index (χ2n) is 8.66. The number of aliphatic imine (C=N–C) groups is 1. The smallest absolute Gasteiger partial charge is 0.258 e. The Morgan fingerprint density at radius 2 is 1.89 bits per heavy atom. The zero-order chi connectivity index (χ0) is 25.5. The van der Waals surface area contributed by atoms with Gasteiger partial charge in [-0.15, -0.1) is 21.5 Å². The molecule has 11 heteroatoms. The minimum atomic E-state index is -2.63. The van der Waals surface area contributed by atoms with Crippen LogP contribution in [-0.2, 0) is 21.9 Å². The molecule has 0 bridgehead atoms. The van der Waals surface area contributed by atoms with Crippen LogP contribution in [0, 0.1) is 0 Å². The molecule has 2 aromatic carbocycles. The van der Waals surface area contributed by atoms with Crippen molar-refractivity contribution in [3.8, 4) is 28.0 Å². The van der Waals surface area contributed by atoms with Gasteiger partial charge in [-0.1, -0.05) is 41.9 Å². The first-order chi connectivity index (χ1) is 17.1. The van der Waals surface area contributed by atoms with Gasteiger partial charge in [0.15, 0.2) is 0 Å². The minimum Gasteiger partial charge on any atom is -0.489 e. The van der Waals surface area contributed by atoms with E-state index in [9.17, 15) is 4.21 Å². The van der Waals surface area contributed by atoms with Gasteiger partial charge in [-0.25, -0.2) is 9.20 Å². The van der Waals surface area contributed by atoms with Crippen molar-refractivity contribution in [3.05, 3.63) is 76.1 Å². The van der Waals surface area contributed by atoms with Crippen molar-refractivity contribution in [1.82, 2.24) is 14.5 Å². The van der Waals surface area contributed by atoms with E-state index in [2.05, 4.69) is 21.1 Å². The van der Waals surface area contributed by atoms with Crippen molar-refractivity contribution in [2.24, 2.45) is 10.7 Å². The highest BCUT2D eigenvalue weighted by Gasteiger charge is 2.40. The maximum absolute atomic E-state index is 13.0. The molecule has 2 atom stereocenters. The van der Waals surface area contributed by atoms with E-state index < -0.39 is 15.2 Å². The van der Waals surface area contributed by atoms with E-state index in [-0.39, 0.29) is 11.7 Å². The van der Waals surface area contributed by atoms with Crippen LogP contribution >= 0.6 is 22.9 Å². The predicted octanol–water partition coefficient (Wildman–Crippen LogP) is 4.80. The number of guanidine groups is 1. The number of benzene rings is 2. The van der Waals surface area contributed by atoms with Crippen LogP contribution in [0.5, 0.6) is 5.75 Å². The lowest BCUT2D eigenvalue weighted by atomic mass is 10.0. The Hall–Kier alpha value is -3.34. The molecule has 0 saturated carbocycles. The Labute approximate surface area is 218 Å². The minimum absolute atomic E-state index is 0.158. The molecule has 4 aromatic rings. The van der Waals surface area contributed by atoms with E-state index in [0.717, 1.165) is 16.9 Å². The third kappa shape index (κ3) is 4.71. The second-order valence-corrected chi connectivity index (χ2v) is 12.5. The van der Waals surface area contributed by atoms with E-state index in [1.54, 1.807) is 13.1 Å². The average molecular weight is 542 g/mol. The van der Waals surface area contributed by atoms with Gasteiger partial charge in [-0.2, -0.15) is 0 Å². The zero-order valence-corrected chi connectivity index (χ0v) is 22.1. The van der Waals surface area contributed by atoms with Crippen LogP contribution in [-0.4, -0.2) is 43.3 Å². The fraction of sp³-hybridized carbons (Fsp3) is 0.200. The summed E-state index contributed by atoms with van der Waals surface area (Å²) in [6, 6.07) is 19.2. The lowest BCUT2D eigenvalue weighted by molar-refractivity contribution is 0.306. The Bertz CT molecular complexity index is 1530. The van der Waals surface area contributed by atoms with Crippen molar-refractivity contribution >= 4 is 44.5 Å². The number of halogens is 1. The molecular weight excluding hydrogens is 518 g/mol. The normalized spacial score (nSPS) is 21.9. The third-order valence-corrected chi connectivity index (χ3v) is 9.84. The summed E-state index contributed by atoms with van der Waals surface area (Å²) in [5.74, 6) is 5.64. The van der Waals surface area contributed by atoms with Gasteiger partial charge in [0.1, 0.15) is 17.9 Å². The van der Waals surface area contributed by atoms with E-state index in [1.165, 1.54) is 15.6 Å². The van der Waals surface area contributed by atoms with E-state index in [4.69, 9.17) is 26.5 Å². The largest absolute Gasteiger partial charge is 0.489 e. The molecule has 2 N–H and O–H groups in total. The molecule has 186 valence electrons. The van der Waals surface area contributed by atoms with E-state index in [0.29, 0.717) is 33.2 Å². The van der Waals surface area contributed by atoms with Gasteiger partial charge in [-0.3, -0.25) is 4.31 Å². The van der Waals surface area contributed by atoms with Gasteiger partial charge in [0.25, 0.3) is 5.89 Å². The highest BCUT2D eigenvalue weighted by molar-refractivity contribution is 7.98. The highest BCUT2D eigenvalue weighted by Crippen LogP contribution is 2.44. The molecule has 0 fully saturated rings. The Kier molecular flexibility index (Phi) is 6.27. The van der Waals surface area contributed by atoms with Crippen molar-refractivity contribution in [2.45, 2.75) is 19.1 Å². The number of ether oxygens (including phenoxy) is 1. The quantitative estimate of drug-likeness (QED) is 0.351. The van der Waals surface area contributed by atoms with Gasteiger partial charge >= 0.3 is 0 Å². The molecule has 1 unspecified atom stereocenters. The average Bonchev–Trinajstić information content (AvgIpc) is 3.49. The molecule has 5 rings (SSSR count). The third-order valence-electron chi connectivity index (χ3n) is 5.85. The maximum Gasteiger partial charge on any atom is 0.258 e. The molecule has 0 radical (unpaired) electrons. The zero-order valence-electron chi connectivity index (χ0n) is 19.7. The van der Waals surface area contributed by atoms with E-state index >= 15 is 0 Å².